The molecule has 11 rings (SSSR count). The first-order valence-electron chi connectivity index (χ1n) is 29.8. The number of rotatable bonds is 19. The molecule has 1 N–H and O–H groups in total. The van der Waals surface area contributed by atoms with Crippen LogP contribution in [0.4, 0.5) is 0 Å². The van der Waals surface area contributed by atoms with E-state index in [1.165, 1.54) is 5.56 Å². The van der Waals surface area contributed by atoms with Gasteiger partial charge in [0.25, 0.3) is 0 Å². The third kappa shape index (κ3) is 12.6. The first-order chi connectivity index (χ1) is 42.1. The van der Waals surface area contributed by atoms with Gasteiger partial charge in [-0.15, -0.1) is 0 Å². The lowest BCUT2D eigenvalue weighted by Crippen LogP contribution is -2.31. The second-order valence-corrected chi connectivity index (χ2v) is 26.1. The normalized spacial score (nSPS) is 13.4. The van der Waals surface area contributed by atoms with Gasteiger partial charge in [-0.25, -0.2) is 0 Å². The van der Waals surface area contributed by atoms with Crippen molar-refractivity contribution in [3.8, 4) is 85.5 Å². The summed E-state index contributed by atoms with van der Waals surface area (Å²) in [6.45, 7) is 29.3. The molecule has 88 heavy (non-hydrogen) atoms. The van der Waals surface area contributed by atoms with Gasteiger partial charge < -0.3 is 38.1 Å². The van der Waals surface area contributed by atoms with Crippen LogP contribution < -0.4 is 43.6 Å². The van der Waals surface area contributed by atoms with Gasteiger partial charge in [-0.05, 0) is 269 Å². The highest BCUT2D eigenvalue weighted by molar-refractivity contribution is 7.75. The minimum atomic E-state index is -3.75. The molecule has 0 fully saturated rings. The van der Waals surface area contributed by atoms with Crippen LogP contribution >= 0.6 is 7.37 Å². The lowest BCUT2D eigenvalue weighted by atomic mass is 9.88. The van der Waals surface area contributed by atoms with E-state index in [4.69, 9.17) is 32.9 Å². The van der Waals surface area contributed by atoms with Crippen LogP contribution in [-0.4, -0.2) is 10.7 Å². The van der Waals surface area contributed by atoms with Gasteiger partial charge in [0.15, 0.2) is 0 Å². The summed E-state index contributed by atoms with van der Waals surface area (Å²) in [5.41, 5.74) is 17.7. The summed E-state index contributed by atoms with van der Waals surface area (Å²) in [6.07, 6.45) is 2.47. The summed E-state index contributed by atoms with van der Waals surface area (Å²) in [5, 5.41) is 11.4. The smallest absolute Gasteiger partial charge is 0.311 e. The molecule has 1 aliphatic heterocycles. The van der Waals surface area contributed by atoms with Gasteiger partial charge in [0.2, 0.25) is 0 Å². The Morgan fingerprint density at radius 2 is 0.932 bits per heavy atom. The number of fused-ring (bicyclic) bond motifs is 3. The molecular weight excluding hydrogens is 1110 g/mol. The number of para-hydroxylation sites is 1. The predicted octanol–water partition coefficient (Wildman–Crippen LogP) is 20.0. The van der Waals surface area contributed by atoms with E-state index in [9.17, 15) is 5.11 Å². The van der Waals surface area contributed by atoms with Crippen LogP contribution in [-0.2, 0) is 24.2 Å². The number of benzene rings is 10. The molecule has 0 spiro atoms. The van der Waals surface area contributed by atoms with Crippen molar-refractivity contribution in [2.75, 3.05) is 0 Å². The van der Waals surface area contributed by atoms with E-state index in [0.717, 1.165) is 118 Å². The summed E-state index contributed by atoms with van der Waals surface area (Å²) in [5.74, 6) is 7.20. The van der Waals surface area contributed by atoms with E-state index in [1.54, 1.807) is 12.1 Å². The number of phenolic OH excluding ortho intramolecular Hbond substituents is 1. The largest absolute Gasteiger partial charge is 0.507 e. The van der Waals surface area contributed by atoms with Gasteiger partial charge in [0, 0.05) is 12.0 Å². The molecule has 1 unspecified atom stereocenters. The average Bonchev–Trinajstić information content (AvgIpc) is 0.774. The van der Waals surface area contributed by atoms with Crippen LogP contribution in [0.3, 0.4) is 0 Å². The lowest BCUT2D eigenvalue weighted by molar-refractivity contribution is 0.108. The molecule has 446 valence electrons. The second-order valence-electron chi connectivity index (χ2n) is 23.9. The highest BCUT2D eigenvalue weighted by Gasteiger charge is 2.40. The van der Waals surface area contributed by atoms with Crippen LogP contribution in [0.5, 0.6) is 63.2 Å². The maximum atomic E-state index is 15.5. The highest BCUT2D eigenvalue weighted by atomic mass is 31.2. The van der Waals surface area contributed by atoms with Crippen molar-refractivity contribution in [2.24, 2.45) is 0 Å². The fourth-order valence-corrected chi connectivity index (χ4v) is 14.1. The first kappa shape index (κ1) is 60.3. The van der Waals surface area contributed by atoms with Crippen molar-refractivity contribution in [1.82, 2.24) is 0 Å². The Morgan fingerprint density at radius 1 is 0.455 bits per heavy atom. The molecule has 1 atom stereocenters. The molecule has 0 bridgehead atoms. The monoisotopic (exact) mass is 1190 g/mol. The Kier molecular flexibility index (Phi) is 16.9. The van der Waals surface area contributed by atoms with Crippen molar-refractivity contribution in [1.29, 1.82) is 0 Å². The molecular formula is C78H75O9P. The summed E-state index contributed by atoms with van der Waals surface area (Å²) in [7, 11) is -3.75. The predicted molar refractivity (Wildman–Crippen MR) is 356 cm³/mol. The maximum Gasteiger partial charge on any atom is 0.311 e. The van der Waals surface area contributed by atoms with Gasteiger partial charge in [0.1, 0.15) is 82.1 Å². The number of aromatic hydroxyl groups is 1. The quantitative estimate of drug-likeness (QED) is 0.0793. The van der Waals surface area contributed by atoms with E-state index >= 15 is 4.57 Å². The Bertz CT molecular complexity index is 4300. The Balaban J connectivity index is 0.726. The molecule has 0 saturated heterocycles. The summed E-state index contributed by atoms with van der Waals surface area (Å²) >= 11 is 0. The molecule has 1 aliphatic rings. The standard InChI is InChI=1S/C78H75O9P/c1-14-57-23-25-59(26-24-57)45-81-63-35-36-71(73(43-63)88(80)72-22-18-16-20-67(72)66-19-15-17-21-70(66)87-88)82-46-60-29-33-62(34-30-60)83-61-31-27-58(28-32-61)44-78(12,13)86-75-49(4)39-65(40-50(75)5)85-77-52(7)42-69(54(9)56(77)11)68-41-51(6)76(55(10)53(68)8)84-64-37-47(2)74(79)48(3)38-64/h14-43,79H,1,44-46H2,2-13H3. The third-order valence-corrected chi connectivity index (χ3v) is 19.1. The molecule has 0 saturated carbocycles. The SMILES string of the molecule is C=Cc1ccc(COc2ccc(OCc3ccc(Oc4ccc(CC(C)(C)Oc5c(C)cc(Oc6c(C)cc(-c7cc(C)c(Oc8cc(C)c(O)c(C)c8)c(C)c7C)c(C)c6C)cc5C)cc4)cc3)c(P3(=O)Oc4ccccc4-c4ccccc43)c2)cc1. The number of hydrogen-bond donors (Lipinski definition) is 1. The zero-order valence-electron chi connectivity index (χ0n) is 52.3. The highest BCUT2D eigenvalue weighted by Crippen LogP contribution is 2.56. The minimum Gasteiger partial charge on any atom is -0.507 e. The molecule has 0 aromatic heterocycles. The van der Waals surface area contributed by atoms with Crippen LogP contribution in [0.25, 0.3) is 28.3 Å². The van der Waals surface area contributed by atoms with Gasteiger partial charge in [-0.3, -0.25) is 4.57 Å². The van der Waals surface area contributed by atoms with E-state index < -0.39 is 13.0 Å². The Labute approximate surface area is 518 Å². The van der Waals surface area contributed by atoms with Crippen molar-refractivity contribution in [2.45, 2.75) is 108 Å². The van der Waals surface area contributed by atoms with Crippen molar-refractivity contribution in [3.63, 3.8) is 0 Å². The Morgan fingerprint density at radius 3 is 1.50 bits per heavy atom. The molecule has 9 nitrogen and oxygen atoms in total. The molecule has 10 heteroatoms. The van der Waals surface area contributed by atoms with Crippen LogP contribution in [0.2, 0.25) is 0 Å². The molecule has 0 amide bonds. The maximum absolute atomic E-state index is 15.5. The number of hydrogen-bond acceptors (Lipinski definition) is 9. The van der Waals surface area contributed by atoms with Crippen molar-refractivity contribution < 1.29 is 42.6 Å². The van der Waals surface area contributed by atoms with Gasteiger partial charge >= 0.3 is 7.37 Å². The van der Waals surface area contributed by atoms with Crippen LogP contribution in [0.15, 0.2) is 183 Å². The molecule has 0 radical (unpaired) electrons. The van der Waals surface area contributed by atoms with E-state index in [-0.39, 0.29) is 6.61 Å². The molecule has 1 heterocycles. The van der Waals surface area contributed by atoms with E-state index in [0.29, 0.717) is 63.9 Å². The fourth-order valence-electron chi connectivity index (χ4n) is 11.7. The second kappa shape index (κ2) is 24.7. The summed E-state index contributed by atoms with van der Waals surface area (Å²) < 4.78 is 61.4. The fraction of sp³-hybridized carbons (Fsp3) is 0.205. The molecule has 10 aromatic rings. The summed E-state index contributed by atoms with van der Waals surface area (Å²) in [6, 6.07) is 57.1. The van der Waals surface area contributed by atoms with Gasteiger partial charge in [0.05, 0.1) is 10.6 Å². The average molecular weight is 1190 g/mol. The third-order valence-electron chi connectivity index (χ3n) is 16.7. The Hall–Kier alpha value is -9.43. The topological polar surface area (TPSA) is 102 Å². The van der Waals surface area contributed by atoms with E-state index in [1.807, 2.05) is 147 Å². The first-order valence-corrected chi connectivity index (χ1v) is 31.4. The number of phenols is 1. The van der Waals surface area contributed by atoms with Crippen LogP contribution in [0.1, 0.15) is 91.7 Å². The van der Waals surface area contributed by atoms with Gasteiger partial charge in [-0.1, -0.05) is 97.6 Å². The molecule has 10 aromatic carbocycles. The van der Waals surface area contributed by atoms with Crippen molar-refractivity contribution >= 4 is 24.1 Å². The number of aryl methyl sites for hydroxylation is 6. The lowest BCUT2D eigenvalue weighted by Gasteiger charge is -2.30. The van der Waals surface area contributed by atoms with Crippen LogP contribution in [0, 0.1) is 69.2 Å². The number of ether oxygens (including phenoxy) is 6. The summed E-state index contributed by atoms with van der Waals surface area (Å²) in [4.78, 5) is 0. The van der Waals surface area contributed by atoms with Gasteiger partial charge in [-0.2, -0.15) is 0 Å². The zero-order chi connectivity index (χ0) is 62.2. The van der Waals surface area contributed by atoms with Crippen molar-refractivity contribution in [3.05, 3.63) is 260 Å². The molecule has 0 aliphatic carbocycles. The van der Waals surface area contributed by atoms with E-state index in [2.05, 4.69) is 112 Å². The zero-order valence-corrected chi connectivity index (χ0v) is 53.2. The minimum absolute atomic E-state index is 0.206.